The van der Waals surface area contributed by atoms with Gasteiger partial charge in [0.05, 0.1) is 28.6 Å². The molecule has 8 heteroatoms. The molecular weight excluding hydrogens is 422 g/mol. The first-order valence-corrected chi connectivity index (χ1v) is 10.8. The highest BCUT2D eigenvalue weighted by atomic mass is 35.5. The molecule has 0 bridgehead atoms. The number of rotatable bonds is 6. The number of hydrogen-bond donors (Lipinski definition) is 2. The maximum absolute atomic E-state index is 12.5. The molecule has 0 saturated carbocycles. The van der Waals surface area contributed by atoms with E-state index in [-0.39, 0.29) is 18.3 Å². The number of aliphatic imine (C=N–C) groups is 1. The van der Waals surface area contributed by atoms with Crippen LogP contribution in [0.25, 0.3) is 0 Å². The van der Waals surface area contributed by atoms with Crippen molar-refractivity contribution >= 4 is 46.1 Å². The zero-order valence-corrected chi connectivity index (χ0v) is 18.2. The number of ether oxygens (including phenoxy) is 1. The van der Waals surface area contributed by atoms with E-state index in [1.807, 2.05) is 30.3 Å². The van der Waals surface area contributed by atoms with Crippen LogP contribution < -0.4 is 10.6 Å². The summed E-state index contributed by atoms with van der Waals surface area (Å²) in [5.41, 5.74) is 2.56. The van der Waals surface area contributed by atoms with E-state index in [0.717, 1.165) is 5.56 Å². The van der Waals surface area contributed by atoms with E-state index in [1.165, 1.54) is 11.8 Å². The molecule has 3 rings (SSSR count). The maximum Gasteiger partial charge on any atom is 0.338 e. The molecule has 156 valence electrons. The molecule has 1 aliphatic rings. The van der Waals surface area contributed by atoms with Crippen LogP contribution in [0, 0.1) is 0 Å². The molecule has 1 heterocycles. The van der Waals surface area contributed by atoms with E-state index in [1.54, 1.807) is 38.1 Å². The molecule has 2 aromatic rings. The SMILES string of the molecule is CCOC(=O)C1=C(C)NC(SCC(=O)Nc2ccccc2Cl)=N[C@@H]1c1ccccc1. The predicted molar refractivity (Wildman–Crippen MR) is 122 cm³/mol. The molecule has 0 spiro atoms. The first kappa shape index (κ1) is 21.9. The number of nitrogens with one attached hydrogen (secondary N) is 2. The fraction of sp³-hybridized carbons (Fsp3) is 0.227. The van der Waals surface area contributed by atoms with Gasteiger partial charge in [0.2, 0.25) is 5.91 Å². The Morgan fingerprint density at radius 2 is 1.87 bits per heavy atom. The molecule has 1 amide bonds. The molecule has 30 heavy (non-hydrogen) atoms. The summed E-state index contributed by atoms with van der Waals surface area (Å²) in [4.78, 5) is 29.6. The Kier molecular flexibility index (Phi) is 7.54. The van der Waals surface area contributed by atoms with Gasteiger partial charge < -0.3 is 15.4 Å². The normalized spacial score (nSPS) is 15.8. The van der Waals surface area contributed by atoms with Gasteiger partial charge in [-0.2, -0.15) is 0 Å². The number of hydrogen-bond acceptors (Lipinski definition) is 6. The van der Waals surface area contributed by atoms with Gasteiger partial charge in [-0.15, -0.1) is 0 Å². The van der Waals surface area contributed by atoms with Gasteiger partial charge in [0.1, 0.15) is 6.04 Å². The third-order valence-corrected chi connectivity index (χ3v) is 5.53. The van der Waals surface area contributed by atoms with Crippen molar-refractivity contribution in [3.8, 4) is 0 Å². The van der Waals surface area contributed by atoms with Gasteiger partial charge in [0, 0.05) is 5.70 Å². The van der Waals surface area contributed by atoms with E-state index < -0.39 is 12.0 Å². The number of halogens is 1. The van der Waals surface area contributed by atoms with Crippen molar-refractivity contribution in [2.45, 2.75) is 19.9 Å². The van der Waals surface area contributed by atoms with Gasteiger partial charge in [0.25, 0.3) is 0 Å². The van der Waals surface area contributed by atoms with Crippen molar-refractivity contribution in [1.82, 2.24) is 5.32 Å². The number of thioether (sulfide) groups is 1. The second-order valence-electron chi connectivity index (χ2n) is 6.45. The van der Waals surface area contributed by atoms with Gasteiger partial charge >= 0.3 is 5.97 Å². The third-order valence-electron chi connectivity index (χ3n) is 4.32. The Labute approximate surface area is 184 Å². The van der Waals surface area contributed by atoms with Crippen molar-refractivity contribution in [1.29, 1.82) is 0 Å². The van der Waals surface area contributed by atoms with Crippen molar-refractivity contribution in [2.75, 3.05) is 17.7 Å². The number of anilines is 1. The molecule has 0 unspecified atom stereocenters. The maximum atomic E-state index is 12.5. The molecular formula is C22H22ClN3O3S. The molecule has 0 aliphatic carbocycles. The molecule has 2 N–H and O–H groups in total. The van der Waals surface area contributed by atoms with Crippen molar-refractivity contribution in [2.24, 2.45) is 4.99 Å². The van der Waals surface area contributed by atoms with Crippen molar-refractivity contribution in [3.63, 3.8) is 0 Å². The van der Waals surface area contributed by atoms with Crippen LogP contribution in [-0.2, 0) is 14.3 Å². The van der Waals surface area contributed by atoms with Crippen LogP contribution in [0.4, 0.5) is 5.69 Å². The second-order valence-corrected chi connectivity index (χ2v) is 7.82. The van der Waals surface area contributed by atoms with E-state index in [0.29, 0.717) is 27.1 Å². The summed E-state index contributed by atoms with van der Waals surface area (Å²) < 4.78 is 5.23. The van der Waals surface area contributed by atoms with E-state index >= 15 is 0 Å². The van der Waals surface area contributed by atoms with Crippen LogP contribution in [0.3, 0.4) is 0 Å². The number of amidine groups is 1. The minimum absolute atomic E-state index is 0.139. The molecule has 2 aromatic carbocycles. The fourth-order valence-electron chi connectivity index (χ4n) is 2.95. The molecule has 0 saturated heterocycles. The molecule has 6 nitrogen and oxygen atoms in total. The van der Waals surface area contributed by atoms with Crippen molar-refractivity contribution < 1.29 is 14.3 Å². The van der Waals surface area contributed by atoms with Crippen LogP contribution in [0.15, 0.2) is 70.9 Å². The quantitative estimate of drug-likeness (QED) is 0.640. The second kappa shape index (κ2) is 10.3. The number of para-hydroxylation sites is 1. The molecule has 1 aliphatic heterocycles. The van der Waals surface area contributed by atoms with Crippen LogP contribution >= 0.6 is 23.4 Å². The number of benzene rings is 2. The lowest BCUT2D eigenvalue weighted by Crippen LogP contribution is -2.31. The highest BCUT2D eigenvalue weighted by molar-refractivity contribution is 8.14. The van der Waals surface area contributed by atoms with Crippen molar-refractivity contribution in [3.05, 3.63) is 76.5 Å². The Morgan fingerprint density at radius 1 is 1.17 bits per heavy atom. The molecule has 1 atom stereocenters. The number of carbonyl (C=O) groups excluding carboxylic acids is 2. The van der Waals surface area contributed by atoms with Gasteiger partial charge in [-0.3, -0.25) is 4.79 Å². The van der Waals surface area contributed by atoms with Crippen LogP contribution in [0.2, 0.25) is 5.02 Å². The third kappa shape index (κ3) is 5.43. The Morgan fingerprint density at radius 3 is 2.57 bits per heavy atom. The number of esters is 1. The largest absolute Gasteiger partial charge is 0.463 e. The first-order chi connectivity index (χ1) is 14.5. The van der Waals surface area contributed by atoms with Gasteiger partial charge in [-0.25, -0.2) is 9.79 Å². The summed E-state index contributed by atoms with van der Waals surface area (Å²) in [6, 6.07) is 16.1. The lowest BCUT2D eigenvalue weighted by atomic mass is 9.97. The fourth-order valence-corrected chi connectivity index (χ4v) is 3.88. The lowest BCUT2D eigenvalue weighted by molar-refractivity contribution is -0.139. The lowest BCUT2D eigenvalue weighted by Gasteiger charge is -2.25. The first-order valence-electron chi connectivity index (χ1n) is 9.44. The molecule has 0 radical (unpaired) electrons. The predicted octanol–water partition coefficient (Wildman–Crippen LogP) is 4.55. The van der Waals surface area contributed by atoms with E-state index in [4.69, 9.17) is 16.3 Å². The summed E-state index contributed by atoms with van der Waals surface area (Å²) in [5, 5.41) is 6.95. The molecule has 0 fully saturated rings. The summed E-state index contributed by atoms with van der Waals surface area (Å²) in [7, 11) is 0. The van der Waals surface area contributed by atoms with Crippen LogP contribution in [-0.4, -0.2) is 29.4 Å². The van der Waals surface area contributed by atoms with E-state index in [9.17, 15) is 9.59 Å². The number of carbonyl (C=O) groups is 2. The average Bonchev–Trinajstić information content (AvgIpc) is 2.74. The van der Waals surface area contributed by atoms with Gasteiger partial charge in [-0.05, 0) is 31.5 Å². The summed E-state index contributed by atoms with van der Waals surface area (Å²) >= 11 is 7.34. The highest BCUT2D eigenvalue weighted by Gasteiger charge is 2.30. The highest BCUT2D eigenvalue weighted by Crippen LogP contribution is 2.32. The molecule has 0 aromatic heterocycles. The summed E-state index contributed by atoms with van der Waals surface area (Å²) in [6.45, 7) is 3.86. The zero-order valence-electron chi connectivity index (χ0n) is 16.6. The van der Waals surface area contributed by atoms with Crippen LogP contribution in [0.1, 0.15) is 25.5 Å². The number of nitrogens with zero attached hydrogens (tertiary/aromatic N) is 1. The topological polar surface area (TPSA) is 79.8 Å². The van der Waals surface area contributed by atoms with E-state index in [2.05, 4.69) is 15.6 Å². The van der Waals surface area contributed by atoms with Gasteiger partial charge in [0.15, 0.2) is 5.17 Å². The van der Waals surface area contributed by atoms with Gasteiger partial charge in [-0.1, -0.05) is 65.8 Å². The minimum Gasteiger partial charge on any atom is -0.463 e. The zero-order chi connectivity index (χ0) is 21.5. The Balaban J connectivity index is 1.75. The standard InChI is InChI=1S/C22H22ClN3O3S/c1-3-29-21(28)19-14(2)24-22(26-20(19)15-9-5-4-6-10-15)30-13-18(27)25-17-12-8-7-11-16(17)23/h4-12,20H,3,13H2,1-2H3,(H,24,26)(H,25,27)/t20-/m1/s1. The smallest absolute Gasteiger partial charge is 0.338 e. The minimum atomic E-state index is -0.499. The number of allylic oxidation sites excluding steroid dienone is 1. The summed E-state index contributed by atoms with van der Waals surface area (Å²) in [6.07, 6.45) is 0. The van der Waals surface area contributed by atoms with Crippen LogP contribution in [0.5, 0.6) is 0 Å². The summed E-state index contributed by atoms with van der Waals surface area (Å²) in [5.74, 6) is -0.465. The average molecular weight is 444 g/mol. The Hall–Kier alpha value is -2.77. The number of amides is 1. The monoisotopic (exact) mass is 443 g/mol. The Bertz CT molecular complexity index is 992.